The maximum absolute atomic E-state index is 13.6. The third-order valence-corrected chi connectivity index (χ3v) is 8.58. The van der Waals surface area contributed by atoms with E-state index < -0.39 is 10.0 Å². The minimum absolute atomic E-state index is 0.152. The number of benzene rings is 2. The molecule has 2 aromatic heterocycles. The summed E-state index contributed by atoms with van der Waals surface area (Å²) in [6, 6.07) is 15.2. The Hall–Kier alpha value is -3.21. The summed E-state index contributed by atoms with van der Waals surface area (Å²) in [5, 5.41) is 0.509. The third kappa shape index (κ3) is 5.24. The molecule has 2 heterocycles. The smallest absolute Gasteiger partial charge is 0.260 e. The molecule has 1 amide bonds. The van der Waals surface area contributed by atoms with E-state index in [4.69, 9.17) is 9.15 Å². The number of ether oxygens (including phenoxy) is 1. The highest BCUT2D eigenvalue weighted by Gasteiger charge is 2.25. The molecule has 2 aromatic carbocycles. The topological polar surface area (TPSA) is 93.0 Å². The number of nitrogens with zero attached hydrogens (tertiary/aromatic N) is 3. The molecule has 4 aromatic rings. The predicted molar refractivity (Wildman–Crippen MR) is 137 cm³/mol. The van der Waals surface area contributed by atoms with Crippen molar-refractivity contribution in [2.75, 3.05) is 24.6 Å². The van der Waals surface area contributed by atoms with Crippen molar-refractivity contribution < 1.29 is 22.4 Å². The Labute approximate surface area is 208 Å². The summed E-state index contributed by atoms with van der Waals surface area (Å²) in [7, 11) is -3.61. The zero-order chi connectivity index (χ0) is 25.0. The van der Waals surface area contributed by atoms with E-state index in [1.807, 2.05) is 25.1 Å². The zero-order valence-electron chi connectivity index (χ0n) is 19.8. The zero-order valence-corrected chi connectivity index (χ0v) is 21.4. The lowest BCUT2D eigenvalue weighted by Gasteiger charge is -2.20. The molecule has 184 valence electrons. The molecule has 0 bridgehead atoms. The van der Waals surface area contributed by atoms with Crippen LogP contribution in [0.25, 0.3) is 10.2 Å². The molecule has 0 unspecified atom stereocenters. The van der Waals surface area contributed by atoms with E-state index in [1.54, 1.807) is 32.2 Å². The van der Waals surface area contributed by atoms with Gasteiger partial charge in [-0.2, -0.15) is 4.31 Å². The van der Waals surface area contributed by atoms with Crippen LogP contribution in [0.3, 0.4) is 0 Å². The second-order valence-corrected chi connectivity index (χ2v) is 10.6. The largest absolute Gasteiger partial charge is 0.494 e. The first kappa shape index (κ1) is 24.9. The van der Waals surface area contributed by atoms with Crippen molar-refractivity contribution in [3.63, 3.8) is 0 Å². The van der Waals surface area contributed by atoms with Gasteiger partial charge in [0.15, 0.2) is 5.13 Å². The van der Waals surface area contributed by atoms with Crippen LogP contribution in [-0.2, 0) is 16.6 Å². The Morgan fingerprint density at radius 2 is 1.80 bits per heavy atom. The van der Waals surface area contributed by atoms with Gasteiger partial charge in [-0.3, -0.25) is 9.69 Å². The second-order valence-electron chi connectivity index (χ2n) is 7.64. The molecule has 0 atom stereocenters. The van der Waals surface area contributed by atoms with E-state index in [0.717, 1.165) is 16.0 Å². The van der Waals surface area contributed by atoms with Gasteiger partial charge in [-0.25, -0.2) is 13.4 Å². The molecule has 4 rings (SSSR count). The number of rotatable bonds is 10. The molecule has 0 aliphatic heterocycles. The number of thiazole rings is 1. The van der Waals surface area contributed by atoms with Crippen molar-refractivity contribution in [2.45, 2.75) is 32.2 Å². The Balaban J connectivity index is 1.68. The Bertz CT molecular complexity index is 1390. The van der Waals surface area contributed by atoms with E-state index >= 15 is 0 Å². The van der Waals surface area contributed by atoms with Crippen molar-refractivity contribution >= 4 is 42.6 Å². The molecule has 8 nitrogen and oxygen atoms in total. The quantitative estimate of drug-likeness (QED) is 0.291. The van der Waals surface area contributed by atoms with E-state index in [9.17, 15) is 13.2 Å². The van der Waals surface area contributed by atoms with Crippen LogP contribution in [0, 0.1) is 0 Å². The van der Waals surface area contributed by atoms with Gasteiger partial charge in [0.1, 0.15) is 11.5 Å². The van der Waals surface area contributed by atoms with Gasteiger partial charge in [-0.15, -0.1) is 0 Å². The number of furan rings is 1. The first-order valence-corrected chi connectivity index (χ1v) is 13.6. The summed E-state index contributed by atoms with van der Waals surface area (Å²) < 4.78 is 39.0. The Kier molecular flexibility index (Phi) is 7.54. The summed E-state index contributed by atoms with van der Waals surface area (Å²) >= 11 is 1.38. The van der Waals surface area contributed by atoms with Gasteiger partial charge in [-0.05, 0) is 61.5 Å². The summed E-state index contributed by atoms with van der Waals surface area (Å²) in [6.45, 7) is 6.99. The molecule has 35 heavy (non-hydrogen) atoms. The van der Waals surface area contributed by atoms with Crippen LogP contribution in [0.1, 0.15) is 36.9 Å². The summed E-state index contributed by atoms with van der Waals surface area (Å²) in [4.78, 5) is 19.9. The van der Waals surface area contributed by atoms with Gasteiger partial charge in [0.2, 0.25) is 10.0 Å². The molecular weight excluding hydrogens is 486 g/mol. The first-order chi connectivity index (χ1) is 16.9. The molecule has 0 radical (unpaired) electrons. The van der Waals surface area contributed by atoms with Crippen LogP contribution in [0.15, 0.2) is 70.2 Å². The van der Waals surface area contributed by atoms with Crippen molar-refractivity contribution in [1.29, 1.82) is 0 Å². The normalized spacial score (nSPS) is 11.8. The first-order valence-electron chi connectivity index (χ1n) is 11.3. The minimum atomic E-state index is -3.61. The molecule has 0 fully saturated rings. The number of hydrogen-bond acceptors (Lipinski definition) is 7. The second kappa shape index (κ2) is 10.6. The number of anilines is 1. The monoisotopic (exact) mass is 513 g/mol. The van der Waals surface area contributed by atoms with Gasteiger partial charge in [0, 0.05) is 18.7 Å². The van der Waals surface area contributed by atoms with Crippen molar-refractivity contribution in [2.24, 2.45) is 0 Å². The van der Waals surface area contributed by atoms with E-state index in [-0.39, 0.29) is 17.3 Å². The van der Waals surface area contributed by atoms with Gasteiger partial charge in [-0.1, -0.05) is 25.2 Å². The van der Waals surface area contributed by atoms with Crippen molar-refractivity contribution in [3.05, 3.63) is 72.2 Å². The van der Waals surface area contributed by atoms with Gasteiger partial charge < -0.3 is 9.15 Å². The molecule has 0 saturated carbocycles. The lowest BCUT2D eigenvalue weighted by atomic mass is 10.2. The van der Waals surface area contributed by atoms with Gasteiger partial charge >= 0.3 is 0 Å². The maximum atomic E-state index is 13.6. The molecule has 0 saturated heterocycles. The molecule has 0 aliphatic rings. The fourth-order valence-electron chi connectivity index (χ4n) is 3.69. The van der Waals surface area contributed by atoms with E-state index in [0.29, 0.717) is 36.2 Å². The Morgan fingerprint density at radius 3 is 2.43 bits per heavy atom. The average Bonchev–Trinajstić information content (AvgIpc) is 3.52. The fraction of sp³-hybridized carbons (Fsp3) is 0.280. The number of hydrogen-bond donors (Lipinski definition) is 0. The van der Waals surface area contributed by atoms with Gasteiger partial charge in [0.05, 0.1) is 34.5 Å². The van der Waals surface area contributed by atoms with Gasteiger partial charge in [0.25, 0.3) is 5.91 Å². The summed E-state index contributed by atoms with van der Waals surface area (Å²) in [5.74, 6) is 1.04. The Morgan fingerprint density at radius 1 is 1.06 bits per heavy atom. The highest BCUT2D eigenvalue weighted by atomic mass is 32.2. The minimum Gasteiger partial charge on any atom is -0.494 e. The van der Waals surface area contributed by atoms with Crippen molar-refractivity contribution in [3.8, 4) is 5.75 Å². The van der Waals surface area contributed by atoms with E-state index in [1.165, 1.54) is 44.8 Å². The van der Waals surface area contributed by atoms with Crippen LogP contribution < -0.4 is 9.64 Å². The summed E-state index contributed by atoms with van der Waals surface area (Å²) in [6.07, 6.45) is 1.55. The molecule has 10 heteroatoms. The predicted octanol–water partition coefficient (Wildman–Crippen LogP) is 5.17. The van der Waals surface area contributed by atoms with Crippen LogP contribution >= 0.6 is 11.3 Å². The molecule has 0 spiro atoms. The third-order valence-electron chi connectivity index (χ3n) is 5.47. The highest BCUT2D eigenvalue weighted by molar-refractivity contribution is 7.89. The van der Waals surface area contributed by atoms with Crippen LogP contribution in [0.5, 0.6) is 5.75 Å². The fourth-order valence-corrected chi connectivity index (χ4v) is 6.14. The summed E-state index contributed by atoms with van der Waals surface area (Å²) in [5.41, 5.74) is 1.11. The number of carbonyl (C=O) groups is 1. The van der Waals surface area contributed by atoms with Crippen LogP contribution in [-0.4, -0.2) is 43.3 Å². The van der Waals surface area contributed by atoms with Crippen LogP contribution in [0.4, 0.5) is 5.13 Å². The molecule has 0 N–H and O–H groups in total. The van der Waals surface area contributed by atoms with Crippen LogP contribution in [0.2, 0.25) is 0 Å². The molecule has 0 aliphatic carbocycles. The number of carbonyl (C=O) groups excluding carboxylic acids is 1. The number of fused-ring (bicyclic) bond motifs is 1. The van der Waals surface area contributed by atoms with E-state index in [2.05, 4.69) is 4.98 Å². The average molecular weight is 514 g/mol. The number of sulfonamides is 1. The maximum Gasteiger partial charge on any atom is 0.260 e. The lowest BCUT2D eigenvalue weighted by Crippen LogP contribution is -2.31. The van der Waals surface area contributed by atoms with Crippen molar-refractivity contribution in [1.82, 2.24) is 9.29 Å². The lowest BCUT2D eigenvalue weighted by molar-refractivity contribution is 0.0983. The SMILES string of the molecule is CCOc1ccc2nc(N(Cc3ccco3)C(=O)c3ccc(S(=O)(=O)N(CC)CC)cc3)sc2c1. The number of aromatic nitrogens is 1. The number of amides is 1. The standard InChI is InChI=1S/C25H27N3O5S2/c1-4-27(5-2)35(30,31)21-12-9-18(10-13-21)24(29)28(17-20-8-7-15-33-20)25-26-22-14-11-19(32-6-3)16-23(22)34-25/h7-16H,4-6,17H2,1-3H3. The molecular formula is C25H27N3O5S2. The highest BCUT2D eigenvalue weighted by Crippen LogP contribution is 2.33.